The molecular weight excluding hydrogens is 214 g/mol. The Morgan fingerprint density at radius 2 is 2.29 bits per heavy atom. The molecule has 0 saturated heterocycles. The van der Waals surface area contributed by atoms with Crippen LogP contribution in [-0.2, 0) is 13.0 Å². The second-order valence-corrected chi connectivity index (χ2v) is 3.88. The van der Waals surface area contributed by atoms with E-state index in [0.717, 1.165) is 12.1 Å². The molecule has 1 heterocycles. The third-order valence-corrected chi connectivity index (χ3v) is 2.62. The molecule has 0 radical (unpaired) electrons. The van der Waals surface area contributed by atoms with E-state index >= 15 is 0 Å². The van der Waals surface area contributed by atoms with Crippen LogP contribution in [0.3, 0.4) is 0 Å². The van der Waals surface area contributed by atoms with Crippen LogP contribution in [0.5, 0.6) is 0 Å². The van der Waals surface area contributed by atoms with Crippen LogP contribution in [0.15, 0.2) is 36.7 Å². The van der Waals surface area contributed by atoms with E-state index in [0.29, 0.717) is 17.9 Å². The lowest BCUT2D eigenvalue weighted by molar-refractivity contribution is 0.0979. The predicted molar refractivity (Wildman–Crippen MR) is 66.8 cm³/mol. The van der Waals surface area contributed by atoms with E-state index in [1.807, 2.05) is 35.9 Å². The predicted octanol–water partition coefficient (Wildman–Crippen LogP) is 1.91. The Kier molecular flexibility index (Phi) is 3.23. The van der Waals surface area contributed by atoms with E-state index in [1.54, 1.807) is 12.3 Å². The van der Waals surface area contributed by atoms with E-state index in [4.69, 9.17) is 5.73 Å². The van der Waals surface area contributed by atoms with Gasteiger partial charge in [0.2, 0.25) is 5.78 Å². The Hall–Kier alpha value is -2.10. The maximum absolute atomic E-state index is 12.0. The van der Waals surface area contributed by atoms with Gasteiger partial charge in [-0.05, 0) is 24.6 Å². The number of ketones is 1. The van der Waals surface area contributed by atoms with Crippen molar-refractivity contribution in [1.29, 1.82) is 0 Å². The zero-order valence-electron chi connectivity index (χ0n) is 9.76. The van der Waals surface area contributed by atoms with Crippen LogP contribution in [0.4, 0.5) is 5.69 Å². The van der Waals surface area contributed by atoms with E-state index in [2.05, 4.69) is 4.98 Å². The van der Waals surface area contributed by atoms with Crippen molar-refractivity contribution in [2.45, 2.75) is 19.9 Å². The summed E-state index contributed by atoms with van der Waals surface area (Å²) in [7, 11) is 0. The van der Waals surface area contributed by atoms with Crippen LogP contribution in [-0.4, -0.2) is 15.3 Å². The Labute approximate surface area is 100 Å². The molecule has 0 amide bonds. The first-order valence-electron chi connectivity index (χ1n) is 5.59. The van der Waals surface area contributed by atoms with Crippen molar-refractivity contribution >= 4 is 11.5 Å². The van der Waals surface area contributed by atoms with Crippen molar-refractivity contribution in [3.05, 3.63) is 48.0 Å². The molecule has 0 spiro atoms. The van der Waals surface area contributed by atoms with Crippen molar-refractivity contribution in [3.63, 3.8) is 0 Å². The van der Waals surface area contributed by atoms with Gasteiger partial charge in [-0.25, -0.2) is 4.98 Å². The number of carbonyl (C=O) groups excluding carboxylic acids is 1. The van der Waals surface area contributed by atoms with E-state index in [9.17, 15) is 4.79 Å². The van der Waals surface area contributed by atoms with Crippen LogP contribution >= 0.6 is 0 Å². The summed E-state index contributed by atoms with van der Waals surface area (Å²) in [6.45, 7) is 2.73. The highest BCUT2D eigenvalue weighted by atomic mass is 16.1. The summed E-state index contributed by atoms with van der Waals surface area (Å²) in [4.78, 5) is 16.1. The normalized spacial score (nSPS) is 10.4. The zero-order chi connectivity index (χ0) is 12.3. The molecule has 0 aliphatic heterocycles. The minimum absolute atomic E-state index is 0.0162. The SMILES string of the molecule is CCn1ccnc1C(=O)Cc1cccc(N)c1. The van der Waals surface area contributed by atoms with Crippen LogP contribution in [0, 0.1) is 0 Å². The average molecular weight is 229 g/mol. The van der Waals surface area contributed by atoms with Crippen molar-refractivity contribution in [2.75, 3.05) is 5.73 Å². The van der Waals surface area contributed by atoms with Gasteiger partial charge in [0.1, 0.15) is 0 Å². The highest BCUT2D eigenvalue weighted by Gasteiger charge is 2.12. The van der Waals surface area contributed by atoms with Gasteiger partial charge in [0.15, 0.2) is 5.82 Å². The van der Waals surface area contributed by atoms with Gasteiger partial charge in [-0.15, -0.1) is 0 Å². The first kappa shape index (κ1) is 11.4. The van der Waals surface area contributed by atoms with Crippen molar-refractivity contribution in [1.82, 2.24) is 9.55 Å². The summed E-state index contributed by atoms with van der Waals surface area (Å²) < 4.78 is 1.84. The molecule has 2 aromatic rings. The van der Waals surface area contributed by atoms with E-state index < -0.39 is 0 Å². The lowest BCUT2D eigenvalue weighted by Gasteiger charge is -2.04. The number of hydrogen-bond acceptors (Lipinski definition) is 3. The molecular formula is C13H15N3O. The second-order valence-electron chi connectivity index (χ2n) is 3.88. The highest BCUT2D eigenvalue weighted by molar-refractivity contribution is 5.94. The molecule has 1 aromatic heterocycles. The molecule has 0 aliphatic rings. The minimum atomic E-state index is 0.0162. The molecule has 0 saturated carbocycles. The number of benzene rings is 1. The average Bonchev–Trinajstić information content (AvgIpc) is 2.77. The number of nitrogens with zero attached hydrogens (tertiary/aromatic N) is 2. The smallest absolute Gasteiger partial charge is 0.202 e. The number of aryl methyl sites for hydroxylation is 1. The van der Waals surface area contributed by atoms with E-state index in [-0.39, 0.29) is 5.78 Å². The maximum atomic E-state index is 12.0. The number of nitrogens with two attached hydrogens (primary N) is 1. The number of imidazole rings is 1. The molecule has 0 atom stereocenters. The van der Waals surface area contributed by atoms with Crippen molar-refractivity contribution < 1.29 is 4.79 Å². The van der Waals surface area contributed by atoms with E-state index in [1.165, 1.54) is 0 Å². The van der Waals surface area contributed by atoms with Crippen LogP contribution < -0.4 is 5.73 Å². The summed E-state index contributed by atoms with van der Waals surface area (Å²) in [5, 5.41) is 0. The van der Waals surface area contributed by atoms with Crippen LogP contribution in [0.25, 0.3) is 0 Å². The molecule has 2 rings (SSSR count). The fraction of sp³-hybridized carbons (Fsp3) is 0.231. The third kappa shape index (κ3) is 2.53. The second kappa shape index (κ2) is 4.82. The largest absolute Gasteiger partial charge is 0.399 e. The van der Waals surface area contributed by atoms with Crippen LogP contribution in [0.2, 0.25) is 0 Å². The third-order valence-electron chi connectivity index (χ3n) is 2.62. The molecule has 1 aromatic carbocycles. The first-order chi connectivity index (χ1) is 8.20. The Morgan fingerprint density at radius 3 is 3.00 bits per heavy atom. The minimum Gasteiger partial charge on any atom is -0.399 e. The summed E-state index contributed by atoms with van der Waals surface area (Å²) >= 11 is 0. The standard InChI is InChI=1S/C13H15N3O/c1-2-16-7-6-15-13(16)12(17)9-10-4-3-5-11(14)8-10/h3-8H,2,9,14H2,1H3. The number of rotatable bonds is 4. The van der Waals surface area contributed by atoms with Gasteiger partial charge in [-0.1, -0.05) is 12.1 Å². The molecule has 2 N–H and O–H groups in total. The number of aromatic nitrogens is 2. The van der Waals surface area contributed by atoms with Gasteiger partial charge in [0, 0.05) is 31.0 Å². The lowest BCUT2D eigenvalue weighted by atomic mass is 10.1. The molecule has 17 heavy (non-hydrogen) atoms. The molecule has 0 bridgehead atoms. The highest BCUT2D eigenvalue weighted by Crippen LogP contribution is 2.10. The fourth-order valence-electron chi connectivity index (χ4n) is 1.78. The van der Waals surface area contributed by atoms with Gasteiger partial charge in [-0.3, -0.25) is 4.79 Å². The van der Waals surface area contributed by atoms with Gasteiger partial charge >= 0.3 is 0 Å². The summed E-state index contributed by atoms with van der Waals surface area (Å²) in [5.74, 6) is 0.525. The van der Waals surface area contributed by atoms with Gasteiger partial charge in [0.25, 0.3) is 0 Å². The molecule has 4 heteroatoms. The van der Waals surface area contributed by atoms with Gasteiger partial charge < -0.3 is 10.3 Å². The lowest BCUT2D eigenvalue weighted by Crippen LogP contribution is -2.11. The molecule has 0 aliphatic carbocycles. The Bertz CT molecular complexity index is 531. The number of anilines is 1. The summed E-state index contributed by atoms with van der Waals surface area (Å²) in [6, 6.07) is 7.37. The van der Waals surface area contributed by atoms with Crippen molar-refractivity contribution in [2.24, 2.45) is 0 Å². The molecule has 88 valence electrons. The quantitative estimate of drug-likeness (QED) is 0.643. The molecule has 4 nitrogen and oxygen atoms in total. The molecule has 0 unspecified atom stereocenters. The van der Waals surface area contributed by atoms with Gasteiger partial charge in [-0.2, -0.15) is 0 Å². The van der Waals surface area contributed by atoms with Gasteiger partial charge in [0.05, 0.1) is 0 Å². The number of nitrogen functional groups attached to an aromatic ring is 1. The fourth-order valence-corrected chi connectivity index (χ4v) is 1.78. The van der Waals surface area contributed by atoms with Crippen LogP contribution in [0.1, 0.15) is 23.1 Å². The first-order valence-corrected chi connectivity index (χ1v) is 5.59. The zero-order valence-corrected chi connectivity index (χ0v) is 9.76. The number of carbonyl (C=O) groups is 1. The Balaban J connectivity index is 2.17. The number of Topliss-reactive ketones (excluding diaryl/α,β-unsaturated/α-hetero) is 1. The Morgan fingerprint density at radius 1 is 1.47 bits per heavy atom. The summed E-state index contributed by atoms with van der Waals surface area (Å²) in [6.07, 6.45) is 3.80. The monoisotopic (exact) mass is 229 g/mol. The summed E-state index contributed by atoms with van der Waals surface area (Å²) in [5.41, 5.74) is 7.27. The number of hydrogen-bond donors (Lipinski definition) is 1. The maximum Gasteiger partial charge on any atom is 0.202 e. The van der Waals surface area contributed by atoms with Crippen molar-refractivity contribution in [3.8, 4) is 0 Å². The molecule has 0 fully saturated rings. The topological polar surface area (TPSA) is 60.9 Å².